The summed E-state index contributed by atoms with van der Waals surface area (Å²) < 4.78 is 2.22. The van der Waals surface area contributed by atoms with Gasteiger partial charge in [0.25, 0.3) is 0 Å². The number of carbonyl (C=O) groups excluding carboxylic acids is 1. The van der Waals surface area contributed by atoms with Crippen molar-refractivity contribution in [1.82, 2.24) is 14.9 Å². The lowest BCUT2D eigenvalue weighted by Crippen LogP contribution is -2.28. The normalized spacial score (nSPS) is 12.3. The van der Waals surface area contributed by atoms with Gasteiger partial charge in [-0.25, -0.2) is 4.98 Å². The number of carbonyl (C=O) groups is 1. The van der Waals surface area contributed by atoms with Gasteiger partial charge in [0.2, 0.25) is 5.91 Å². The predicted octanol–water partition coefficient (Wildman–Crippen LogP) is 4.29. The largest absolute Gasteiger partial charge is 0.346 e. The number of rotatable bonds is 5. The summed E-state index contributed by atoms with van der Waals surface area (Å²) in [7, 11) is 0. The third kappa shape index (κ3) is 3.58. The molecule has 1 heterocycles. The highest BCUT2D eigenvalue weighted by Gasteiger charge is 2.18. The summed E-state index contributed by atoms with van der Waals surface area (Å²) in [6, 6.07) is 14.5. The quantitative estimate of drug-likeness (QED) is 0.756. The van der Waals surface area contributed by atoms with Crippen molar-refractivity contribution in [3.8, 4) is 0 Å². The molecule has 1 aromatic heterocycles. The molecule has 0 unspecified atom stereocenters. The third-order valence-electron chi connectivity index (χ3n) is 4.60. The number of nitrogens with zero attached hydrogens (tertiary/aromatic N) is 2. The molecular formula is C21H25N3O. The van der Waals surface area contributed by atoms with Gasteiger partial charge in [0, 0.05) is 13.0 Å². The summed E-state index contributed by atoms with van der Waals surface area (Å²) >= 11 is 0. The summed E-state index contributed by atoms with van der Waals surface area (Å²) in [5.41, 5.74) is 5.84. The molecule has 4 heteroatoms. The molecule has 0 bridgehead atoms. The number of fused-ring (bicyclic) bond motifs is 1. The Morgan fingerprint density at radius 2 is 1.96 bits per heavy atom. The predicted molar refractivity (Wildman–Crippen MR) is 102 cm³/mol. The lowest BCUT2D eigenvalue weighted by molar-refractivity contribution is -0.121. The first kappa shape index (κ1) is 17.2. The van der Waals surface area contributed by atoms with E-state index in [-0.39, 0.29) is 11.9 Å². The number of nitrogens with one attached hydrogen (secondary N) is 1. The molecule has 2 aromatic carbocycles. The number of aryl methyl sites for hydroxylation is 2. The zero-order valence-corrected chi connectivity index (χ0v) is 15.3. The number of hydrogen-bond acceptors (Lipinski definition) is 2. The molecule has 3 rings (SSSR count). The molecule has 0 radical (unpaired) electrons. The van der Waals surface area contributed by atoms with Gasteiger partial charge in [-0.15, -0.1) is 0 Å². The molecule has 1 atom stereocenters. The molecule has 0 saturated heterocycles. The van der Waals surface area contributed by atoms with E-state index in [9.17, 15) is 4.79 Å². The van der Waals surface area contributed by atoms with E-state index in [1.54, 1.807) is 0 Å². The molecule has 0 aliphatic carbocycles. The maximum Gasteiger partial charge on any atom is 0.220 e. The van der Waals surface area contributed by atoms with Crippen LogP contribution >= 0.6 is 0 Å². The first-order chi connectivity index (χ1) is 12.0. The van der Waals surface area contributed by atoms with Crippen LogP contribution in [0, 0.1) is 13.8 Å². The Hall–Kier alpha value is -2.62. The highest BCUT2D eigenvalue weighted by molar-refractivity contribution is 5.78. The van der Waals surface area contributed by atoms with E-state index in [4.69, 9.17) is 4.98 Å². The monoisotopic (exact) mass is 335 g/mol. The van der Waals surface area contributed by atoms with Crippen LogP contribution in [0.25, 0.3) is 11.0 Å². The molecule has 1 N–H and O–H groups in total. The number of para-hydroxylation sites is 2. The van der Waals surface area contributed by atoms with Gasteiger partial charge in [-0.3, -0.25) is 4.79 Å². The van der Waals surface area contributed by atoms with E-state index < -0.39 is 0 Å². The molecule has 0 spiro atoms. The van der Waals surface area contributed by atoms with E-state index in [1.807, 2.05) is 32.0 Å². The van der Waals surface area contributed by atoms with Crippen LogP contribution in [-0.4, -0.2) is 15.5 Å². The number of imidazole rings is 1. The average Bonchev–Trinajstić information content (AvgIpc) is 2.97. The fourth-order valence-corrected chi connectivity index (χ4v) is 3.14. The van der Waals surface area contributed by atoms with Crippen molar-refractivity contribution < 1.29 is 4.79 Å². The number of amides is 1. The van der Waals surface area contributed by atoms with Crippen LogP contribution in [-0.2, 0) is 11.3 Å². The minimum Gasteiger partial charge on any atom is -0.346 e. The number of hydrogen-bond donors (Lipinski definition) is 1. The van der Waals surface area contributed by atoms with Crippen molar-refractivity contribution in [2.45, 2.75) is 46.7 Å². The van der Waals surface area contributed by atoms with Crippen molar-refractivity contribution in [2.24, 2.45) is 0 Å². The van der Waals surface area contributed by atoms with Crippen molar-refractivity contribution in [3.05, 3.63) is 65.0 Å². The fourth-order valence-electron chi connectivity index (χ4n) is 3.14. The van der Waals surface area contributed by atoms with E-state index in [1.165, 1.54) is 16.7 Å². The molecule has 0 aliphatic heterocycles. The standard InChI is InChI=1S/C21H25N3O/c1-5-20(25)22-16(4)21-23-18-8-6-7-9-19(18)24(21)13-17-12-14(2)10-11-15(17)3/h6-12,16H,5,13H2,1-4H3,(H,22,25)/t16-/m0/s1. The van der Waals surface area contributed by atoms with Gasteiger partial charge in [-0.1, -0.05) is 42.8 Å². The van der Waals surface area contributed by atoms with E-state index in [0.29, 0.717) is 6.42 Å². The summed E-state index contributed by atoms with van der Waals surface area (Å²) in [6.45, 7) is 8.85. The topological polar surface area (TPSA) is 46.9 Å². The minimum absolute atomic E-state index is 0.0397. The molecule has 1 amide bonds. The Balaban J connectivity index is 2.07. The number of benzene rings is 2. The van der Waals surface area contributed by atoms with E-state index in [0.717, 1.165) is 23.4 Å². The second-order valence-corrected chi connectivity index (χ2v) is 6.62. The SMILES string of the molecule is CCC(=O)N[C@@H](C)c1nc2ccccc2n1Cc1cc(C)ccc1C. The van der Waals surface area contributed by atoms with Crippen LogP contribution < -0.4 is 5.32 Å². The van der Waals surface area contributed by atoms with Gasteiger partial charge >= 0.3 is 0 Å². The fraction of sp³-hybridized carbons (Fsp3) is 0.333. The van der Waals surface area contributed by atoms with E-state index >= 15 is 0 Å². The maximum absolute atomic E-state index is 11.8. The average molecular weight is 335 g/mol. The summed E-state index contributed by atoms with van der Waals surface area (Å²) in [5, 5.41) is 3.04. The molecule has 25 heavy (non-hydrogen) atoms. The lowest BCUT2D eigenvalue weighted by Gasteiger charge is -2.17. The Bertz CT molecular complexity index is 911. The molecular weight excluding hydrogens is 310 g/mol. The smallest absolute Gasteiger partial charge is 0.220 e. The molecule has 4 nitrogen and oxygen atoms in total. The molecule has 130 valence electrons. The van der Waals surface area contributed by atoms with Crippen LogP contribution in [0.3, 0.4) is 0 Å². The summed E-state index contributed by atoms with van der Waals surface area (Å²) in [5.74, 6) is 0.932. The Labute approximate surface area is 148 Å². The molecule has 0 saturated carbocycles. The first-order valence-electron chi connectivity index (χ1n) is 8.80. The zero-order valence-electron chi connectivity index (χ0n) is 15.3. The van der Waals surface area contributed by atoms with Gasteiger partial charge in [-0.2, -0.15) is 0 Å². The van der Waals surface area contributed by atoms with Gasteiger partial charge in [0.1, 0.15) is 5.82 Å². The second-order valence-electron chi connectivity index (χ2n) is 6.62. The van der Waals surface area contributed by atoms with Crippen LogP contribution in [0.2, 0.25) is 0 Å². The highest BCUT2D eigenvalue weighted by Crippen LogP contribution is 2.23. The maximum atomic E-state index is 11.8. The van der Waals surface area contributed by atoms with Crippen LogP contribution in [0.1, 0.15) is 48.8 Å². The Morgan fingerprint density at radius 3 is 2.72 bits per heavy atom. The van der Waals surface area contributed by atoms with Crippen molar-refractivity contribution in [2.75, 3.05) is 0 Å². The zero-order chi connectivity index (χ0) is 18.0. The molecule has 3 aromatic rings. The first-order valence-corrected chi connectivity index (χ1v) is 8.80. The van der Waals surface area contributed by atoms with Gasteiger partial charge in [-0.05, 0) is 44.0 Å². The Morgan fingerprint density at radius 1 is 1.20 bits per heavy atom. The van der Waals surface area contributed by atoms with E-state index in [2.05, 4.69) is 48.0 Å². The van der Waals surface area contributed by atoms with Crippen LogP contribution in [0.4, 0.5) is 0 Å². The van der Waals surface area contributed by atoms with Crippen LogP contribution in [0.15, 0.2) is 42.5 Å². The summed E-state index contributed by atoms with van der Waals surface area (Å²) in [4.78, 5) is 16.6. The molecule has 0 aliphatic rings. The van der Waals surface area contributed by atoms with Gasteiger partial charge in [0.15, 0.2) is 0 Å². The van der Waals surface area contributed by atoms with Gasteiger partial charge in [0.05, 0.1) is 17.1 Å². The third-order valence-corrected chi connectivity index (χ3v) is 4.60. The highest BCUT2D eigenvalue weighted by atomic mass is 16.1. The Kier molecular flexibility index (Phi) is 4.88. The van der Waals surface area contributed by atoms with Gasteiger partial charge < -0.3 is 9.88 Å². The van der Waals surface area contributed by atoms with Crippen molar-refractivity contribution in [1.29, 1.82) is 0 Å². The summed E-state index contributed by atoms with van der Waals surface area (Å²) in [6.07, 6.45) is 0.474. The number of aromatic nitrogens is 2. The van der Waals surface area contributed by atoms with Crippen molar-refractivity contribution in [3.63, 3.8) is 0 Å². The lowest BCUT2D eigenvalue weighted by atomic mass is 10.1. The minimum atomic E-state index is -0.134. The second kappa shape index (κ2) is 7.09. The molecule has 0 fully saturated rings. The van der Waals surface area contributed by atoms with Crippen LogP contribution in [0.5, 0.6) is 0 Å². The van der Waals surface area contributed by atoms with Crippen molar-refractivity contribution >= 4 is 16.9 Å².